The van der Waals surface area contributed by atoms with Gasteiger partial charge >= 0.3 is 0 Å². The largest absolute Gasteiger partial charge is 0.485 e. The van der Waals surface area contributed by atoms with Gasteiger partial charge in [-0.3, -0.25) is 9.48 Å². The second kappa shape index (κ2) is 7.13. The Hall–Kier alpha value is -2.57. The van der Waals surface area contributed by atoms with Crippen molar-refractivity contribution in [3.63, 3.8) is 0 Å². The molecule has 1 fully saturated rings. The summed E-state index contributed by atoms with van der Waals surface area (Å²) in [6, 6.07) is 5.76. The Labute approximate surface area is 148 Å². The SMILES string of the molecule is Cc1cc(C)n(CC(=O)N2CC[C@H](Oc3cccnc3N(C)C)C2)n1. The molecular formula is C18H25N5O2. The second-order valence-corrected chi connectivity index (χ2v) is 6.67. The maximum absolute atomic E-state index is 12.5. The van der Waals surface area contributed by atoms with Crippen molar-refractivity contribution in [2.24, 2.45) is 0 Å². The normalized spacial score (nSPS) is 17.0. The number of carbonyl (C=O) groups excluding carboxylic acids is 1. The van der Waals surface area contributed by atoms with Crippen molar-refractivity contribution in [2.45, 2.75) is 32.9 Å². The first-order chi connectivity index (χ1) is 11.9. The Balaban J connectivity index is 1.60. The van der Waals surface area contributed by atoms with Gasteiger partial charge in [0, 0.05) is 39.0 Å². The minimum Gasteiger partial charge on any atom is -0.485 e. The number of pyridine rings is 1. The van der Waals surface area contributed by atoms with Gasteiger partial charge in [0.25, 0.3) is 0 Å². The molecule has 0 N–H and O–H groups in total. The van der Waals surface area contributed by atoms with E-state index in [1.165, 1.54) is 0 Å². The van der Waals surface area contributed by atoms with Crippen LogP contribution in [0.2, 0.25) is 0 Å². The molecule has 2 aromatic rings. The summed E-state index contributed by atoms with van der Waals surface area (Å²) in [5.41, 5.74) is 1.93. The molecule has 1 aliphatic rings. The fourth-order valence-electron chi connectivity index (χ4n) is 3.10. The summed E-state index contributed by atoms with van der Waals surface area (Å²) in [5, 5.41) is 4.36. The van der Waals surface area contributed by atoms with E-state index in [1.807, 2.05) is 55.9 Å². The van der Waals surface area contributed by atoms with Gasteiger partial charge < -0.3 is 14.5 Å². The van der Waals surface area contributed by atoms with Crippen molar-refractivity contribution in [3.05, 3.63) is 35.8 Å². The van der Waals surface area contributed by atoms with Crippen LogP contribution in [0.25, 0.3) is 0 Å². The van der Waals surface area contributed by atoms with Crippen LogP contribution >= 0.6 is 0 Å². The van der Waals surface area contributed by atoms with Gasteiger partial charge in [0.2, 0.25) is 5.91 Å². The Kier molecular flexibility index (Phi) is 4.92. The molecule has 1 aliphatic heterocycles. The summed E-state index contributed by atoms with van der Waals surface area (Å²) in [5.74, 6) is 1.64. The lowest BCUT2D eigenvalue weighted by Gasteiger charge is -2.20. The van der Waals surface area contributed by atoms with Crippen molar-refractivity contribution in [3.8, 4) is 5.75 Å². The molecule has 0 aliphatic carbocycles. The molecule has 134 valence electrons. The van der Waals surface area contributed by atoms with Crippen LogP contribution in [0.5, 0.6) is 5.75 Å². The molecule has 0 unspecified atom stereocenters. The number of likely N-dealkylation sites (tertiary alicyclic amines) is 1. The molecule has 7 nitrogen and oxygen atoms in total. The highest BCUT2D eigenvalue weighted by atomic mass is 16.5. The number of carbonyl (C=O) groups is 1. The van der Waals surface area contributed by atoms with Crippen molar-refractivity contribution in [1.82, 2.24) is 19.7 Å². The monoisotopic (exact) mass is 343 g/mol. The molecule has 25 heavy (non-hydrogen) atoms. The minimum atomic E-state index is -0.00713. The van der Waals surface area contributed by atoms with Crippen molar-refractivity contribution < 1.29 is 9.53 Å². The van der Waals surface area contributed by atoms with Crippen LogP contribution in [0.3, 0.4) is 0 Å². The minimum absolute atomic E-state index is 0.00713. The molecule has 0 aromatic carbocycles. The first-order valence-corrected chi connectivity index (χ1v) is 8.52. The summed E-state index contributed by atoms with van der Waals surface area (Å²) in [4.78, 5) is 20.7. The lowest BCUT2D eigenvalue weighted by atomic mass is 10.3. The van der Waals surface area contributed by atoms with Gasteiger partial charge in [-0.05, 0) is 32.0 Å². The Morgan fingerprint density at radius 1 is 1.40 bits per heavy atom. The highest BCUT2D eigenvalue weighted by Gasteiger charge is 2.28. The predicted octanol–water partition coefficient (Wildman–Crippen LogP) is 1.64. The van der Waals surface area contributed by atoms with E-state index in [4.69, 9.17) is 4.74 Å². The van der Waals surface area contributed by atoms with Gasteiger partial charge in [-0.2, -0.15) is 5.10 Å². The number of hydrogen-bond donors (Lipinski definition) is 0. The molecule has 0 bridgehead atoms. The number of hydrogen-bond acceptors (Lipinski definition) is 5. The highest BCUT2D eigenvalue weighted by Crippen LogP contribution is 2.26. The maximum Gasteiger partial charge on any atom is 0.244 e. The molecule has 0 spiro atoms. The van der Waals surface area contributed by atoms with E-state index in [0.29, 0.717) is 13.1 Å². The maximum atomic E-state index is 12.5. The van der Waals surface area contributed by atoms with E-state index in [2.05, 4.69) is 10.1 Å². The number of aryl methyl sites for hydroxylation is 2. The summed E-state index contributed by atoms with van der Waals surface area (Å²) in [6.07, 6.45) is 2.57. The fraction of sp³-hybridized carbons (Fsp3) is 0.500. The van der Waals surface area contributed by atoms with Crippen LogP contribution in [0.15, 0.2) is 24.4 Å². The Morgan fingerprint density at radius 3 is 2.88 bits per heavy atom. The van der Waals surface area contributed by atoms with E-state index in [9.17, 15) is 4.79 Å². The molecule has 3 heterocycles. The predicted molar refractivity (Wildman–Crippen MR) is 95.9 cm³/mol. The van der Waals surface area contributed by atoms with Crippen LogP contribution < -0.4 is 9.64 Å². The smallest absolute Gasteiger partial charge is 0.244 e. The number of ether oxygens (including phenoxy) is 1. The zero-order valence-corrected chi connectivity index (χ0v) is 15.3. The molecule has 0 radical (unpaired) electrons. The zero-order chi connectivity index (χ0) is 18.0. The lowest BCUT2D eigenvalue weighted by molar-refractivity contribution is -0.131. The molecule has 1 atom stereocenters. The van der Waals surface area contributed by atoms with Crippen LogP contribution in [0.1, 0.15) is 17.8 Å². The first-order valence-electron chi connectivity index (χ1n) is 8.52. The number of rotatable bonds is 5. The highest BCUT2D eigenvalue weighted by molar-refractivity contribution is 5.76. The standard InChI is InChI=1S/C18H25N5O2/c1-13-10-14(2)23(20-13)12-17(24)22-9-7-15(11-22)25-16-6-5-8-19-18(16)21(3)4/h5-6,8,10,15H,7,9,11-12H2,1-4H3/t15-/m0/s1. The zero-order valence-electron chi connectivity index (χ0n) is 15.3. The van der Waals surface area contributed by atoms with E-state index >= 15 is 0 Å². The van der Waals surface area contributed by atoms with Crippen molar-refractivity contribution in [1.29, 1.82) is 0 Å². The third kappa shape index (κ3) is 3.92. The molecule has 2 aromatic heterocycles. The molecule has 1 amide bonds. The molecule has 1 saturated heterocycles. The summed E-state index contributed by atoms with van der Waals surface area (Å²) >= 11 is 0. The van der Waals surface area contributed by atoms with Crippen LogP contribution in [-0.4, -0.2) is 58.9 Å². The molecule has 3 rings (SSSR count). The van der Waals surface area contributed by atoms with Crippen LogP contribution in [0.4, 0.5) is 5.82 Å². The Morgan fingerprint density at radius 2 is 2.20 bits per heavy atom. The van der Waals surface area contributed by atoms with E-state index in [0.717, 1.165) is 29.4 Å². The van der Waals surface area contributed by atoms with E-state index in [-0.39, 0.29) is 18.6 Å². The summed E-state index contributed by atoms with van der Waals surface area (Å²) < 4.78 is 7.87. The average molecular weight is 343 g/mol. The van der Waals surface area contributed by atoms with Gasteiger partial charge in [-0.1, -0.05) is 0 Å². The van der Waals surface area contributed by atoms with E-state index in [1.54, 1.807) is 10.9 Å². The molecule has 0 saturated carbocycles. The number of anilines is 1. The van der Waals surface area contributed by atoms with Crippen molar-refractivity contribution in [2.75, 3.05) is 32.1 Å². The number of amides is 1. The Bertz CT molecular complexity index is 756. The quantitative estimate of drug-likeness (QED) is 0.826. The average Bonchev–Trinajstić information content (AvgIpc) is 3.14. The number of aromatic nitrogens is 3. The van der Waals surface area contributed by atoms with Crippen LogP contribution in [-0.2, 0) is 11.3 Å². The lowest BCUT2D eigenvalue weighted by Crippen LogP contribution is -2.34. The van der Waals surface area contributed by atoms with Gasteiger partial charge in [0.05, 0.1) is 12.2 Å². The van der Waals surface area contributed by atoms with Gasteiger partial charge in [0.1, 0.15) is 12.6 Å². The number of nitrogens with zero attached hydrogens (tertiary/aromatic N) is 5. The third-order valence-electron chi connectivity index (χ3n) is 4.35. The second-order valence-electron chi connectivity index (χ2n) is 6.67. The fourth-order valence-corrected chi connectivity index (χ4v) is 3.10. The van der Waals surface area contributed by atoms with Crippen molar-refractivity contribution >= 4 is 11.7 Å². The molecule has 7 heteroatoms. The van der Waals surface area contributed by atoms with Gasteiger partial charge in [-0.15, -0.1) is 0 Å². The topological polar surface area (TPSA) is 63.5 Å². The van der Waals surface area contributed by atoms with Crippen LogP contribution in [0, 0.1) is 13.8 Å². The summed E-state index contributed by atoms with van der Waals surface area (Å²) in [7, 11) is 3.88. The first kappa shape index (κ1) is 17.3. The molecular weight excluding hydrogens is 318 g/mol. The third-order valence-corrected chi connectivity index (χ3v) is 4.35. The van der Waals surface area contributed by atoms with Gasteiger partial charge in [0.15, 0.2) is 11.6 Å². The van der Waals surface area contributed by atoms with Gasteiger partial charge in [-0.25, -0.2) is 4.98 Å². The summed E-state index contributed by atoms with van der Waals surface area (Å²) in [6.45, 7) is 5.49. The van der Waals surface area contributed by atoms with E-state index < -0.39 is 0 Å².